The molecule has 0 radical (unpaired) electrons. The van der Waals surface area contributed by atoms with E-state index in [4.69, 9.17) is 5.73 Å². The molecule has 0 saturated carbocycles. The van der Waals surface area contributed by atoms with E-state index in [9.17, 15) is 4.79 Å². The fourth-order valence-electron chi connectivity index (χ4n) is 1.98. The third-order valence-corrected chi connectivity index (χ3v) is 4.12. The minimum absolute atomic E-state index is 0.243. The lowest BCUT2D eigenvalue weighted by Gasteiger charge is -2.11. The summed E-state index contributed by atoms with van der Waals surface area (Å²) >= 11 is 1.75. The van der Waals surface area contributed by atoms with Crippen LogP contribution in [-0.2, 0) is 4.79 Å². The molecule has 1 atom stereocenters. The minimum Gasteiger partial charge on any atom is -0.368 e. The molecule has 2 aromatic carbocycles. The van der Waals surface area contributed by atoms with Gasteiger partial charge in [0.1, 0.15) is 0 Å². The van der Waals surface area contributed by atoms with Crippen LogP contribution in [0.15, 0.2) is 47.4 Å². The van der Waals surface area contributed by atoms with Crippen LogP contribution in [0.1, 0.15) is 6.42 Å². The van der Waals surface area contributed by atoms with Crippen LogP contribution in [0.3, 0.4) is 0 Å². The van der Waals surface area contributed by atoms with Crippen LogP contribution in [0, 0.1) is 0 Å². The first kappa shape index (κ1) is 13.9. The number of carbonyl (C=O) groups excluding carboxylic acids is 1. The second-order valence-corrected chi connectivity index (χ2v) is 5.56. The Morgan fingerprint density at radius 2 is 2.00 bits per heavy atom. The van der Waals surface area contributed by atoms with Crippen molar-refractivity contribution in [2.75, 3.05) is 12.8 Å². The number of carbonyl (C=O) groups is 1. The molecule has 0 saturated heterocycles. The summed E-state index contributed by atoms with van der Waals surface area (Å²) in [5, 5.41) is 5.42. The minimum atomic E-state index is -0.290. The molecule has 19 heavy (non-hydrogen) atoms. The predicted octanol–water partition coefficient (Wildman–Crippen LogP) is 2.40. The highest BCUT2D eigenvalue weighted by molar-refractivity contribution is 7.99. The first-order chi connectivity index (χ1) is 9.20. The number of fused-ring (bicyclic) bond motifs is 1. The van der Waals surface area contributed by atoms with Gasteiger partial charge in [0.2, 0.25) is 5.91 Å². The van der Waals surface area contributed by atoms with Crippen LogP contribution in [0.25, 0.3) is 10.8 Å². The topological polar surface area (TPSA) is 55.1 Å². The van der Waals surface area contributed by atoms with Crippen molar-refractivity contribution in [3.8, 4) is 0 Å². The highest BCUT2D eigenvalue weighted by Gasteiger charge is 2.11. The van der Waals surface area contributed by atoms with Crippen LogP contribution >= 0.6 is 11.8 Å². The number of hydrogen-bond donors (Lipinski definition) is 2. The van der Waals surface area contributed by atoms with Gasteiger partial charge >= 0.3 is 0 Å². The molecule has 0 bridgehead atoms. The smallest absolute Gasteiger partial charge is 0.234 e. The number of rotatable bonds is 6. The summed E-state index contributed by atoms with van der Waals surface area (Å²) in [5.74, 6) is 0.578. The average Bonchev–Trinajstić information content (AvgIpc) is 2.43. The summed E-state index contributed by atoms with van der Waals surface area (Å²) < 4.78 is 0. The second-order valence-electron chi connectivity index (χ2n) is 4.39. The van der Waals surface area contributed by atoms with Crippen molar-refractivity contribution in [2.45, 2.75) is 17.4 Å². The Kier molecular flexibility index (Phi) is 4.82. The molecule has 2 rings (SSSR count). The highest BCUT2D eigenvalue weighted by Crippen LogP contribution is 2.24. The van der Waals surface area contributed by atoms with Gasteiger partial charge in [-0.25, -0.2) is 0 Å². The van der Waals surface area contributed by atoms with Gasteiger partial charge in [-0.15, -0.1) is 11.8 Å². The molecule has 3 nitrogen and oxygen atoms in total. The zero-order valence-corrected chi connectivity index (χ0v) is 11.7. The van der Waals surface area contributed by atoms with Crippen molar-refractivity contribution >= 4 is 28.4 Å². The molecule has 0 aromatic heterocycles. The number of likely N-dealkylation sites (N-methyl/N-ethyl adjacent to an activating group) is 1. The van der Waals surface area contributed by atoms with Crippen molar-refractivity contribution in [2.24, 2.45) is 5.73 Å². The van der Waals surface area contributed by atoms with Gasteiger partial charge in [0, 0.05) is 4.90 Å². The van der Waals surface area contributed by atoms with Crippen molar-refractivity contribution in [3.05, 3.63) is 42.5 Å². The third kappa shape index (κ3) is 3.72. The fourth-order valence-corrected chi connectivity index (χ4v) is 2.94. The number of benzene rings is 2. The molecule has 0 aliphatic carbocycles. The van der Waals surface area contributed by atoms with E-state index < -0.39 is 0 Å². The molecule has 4 heteroatoms. The predicted molar refractivity (Wildman–Crippen MR) is 81.3 cm³/mol. The second kappa shape index (κ2) is 6.59. The fraction of sp³-hybridized carbons (Fsp3) is 0.267. The van der Waals surface area contributed by atoms with Crippen LogP contribution in [-0.4, -0.2) is 24.7 Å². The summed E-state index contributed by atoms with van der Waals surface area (Å²) in [7, 11) is 1.76. The van der Waals surface area contributed by atoms with E-state index in [2.05, 4.69) is 35.6 Å². The van der Waals surface area contributed by atoms with E-state index in [1.807, 2.05) is 12.1 Å². The van der Waals surface area contributed by atoms with Gasteiger partial charge in [0.05, 0.1) is 6.04 Å². The van der Waals surface area contributed by atoms with E-state index >= 15 is 0 Å². The lowest BCUT2D eigenvalue weighted by Crippen LogP contribution is -2.39. The van der Waals surface area contributed by atoms with E-state index in [0.29, 0.717) is 0 Å². The van der Waals surface area contributed by atoms with E-state index in [0.717, 1.165) is 12.2 Å². The maximum atomic E-state index is 11.1. The number of primary amides is 1. The number of amides is 1. The van der Waals surface area contributed by atoms with E-state index in [1.165, 1.54) is 15.7 Å². The molecule has 0 aliphatic rings. The lowest BCUT2D eigenvalue weighted by atomic mass is 10.1. The van der Waals surface area contributed by atoms with Gasteiger partial charge in [-0.3, -0.25) is 4.79 Å². The third-order valence-electron chi connectivity index (χ3n) is 3.09. The van der Waals surface area contributed by atoms with Crippen LogP contribution < -0.4 is 11.1 Å². The Labute approximate surface area is 117 Å². The lowest BCUT2D eigenvalue weighted by molar-refractivity contribution is -0.119. The summed E-state index contributed by atoms with van der Waals surface area (Å²) in [5.41, 5.74) is 5.29. The molecule has 3 N–H and O–H groups in total. The molecule has 1 unspecified atom stereocenters. The number of hydrogen-bond acceptors (Lipinski definition) is 3. The normalized spacial score (nSPS) is 12.5. The Morgan fingerprint density at radius 3 is 2.68 bits per heavy atom. The van der Waals surface area contributed by atoms with E-state index in [-0.39, 0.29) is 11.9 Å². The van der Waals surface area contributed by atoms with Gasteiger partial charge in [0.15, 0.2) is 0 Å². The maximum Gasteiger partial charge on any atom is 0.234 e. The van der Waals surface area contributed by atoms with Crippen molar-refractivity contribution in [1.82, 2.24) is 5.32 Å². The Hall–Kier alpha value is -1.52. The summed E-state index contributed by atoms with van der Waals surface area (Å²) in [6, 6.07) is 14.5. The largest absolute Gasteiger partial charge is 0.368 e. The van der Waals surface area contributed by atoms with Gasteiger partial charge in [0.25, 0.3) is 0 Å². The SMILES string of the molecule is CNC(CCSc1ccc2ccccc2c1)C(N)=O. The molecule has 0 aliphatic heterocycles. The number of nitrogens with one attached hydrogen (secondary N) is 1. The molecule has 0 spiro atoms. The zero-order chi connectivity index (χ0) is 13.7. The van der Waals surface area contributed by atoms with Gasteiger partial charge in [-0.1, -0.05) is 30.3 Å². The number of thioether (sulfide) groups is 1. The average molecular weight is 274 g/mol. The van der Waals surface area contributed by atoms with Gasteiger partial charge in [-0.2, -0.15) is 0 Å². The number of nitrogens with two attached hydrogens (primary N) is 1. The Morgan fingerprint density at radius 1 is 1.26 bits per heavy atom. The Bertz CT molecular complexity index is 571. The summed E-state index contributed by atoms with van der Waals surface area (Å²) in [4.78, 5) is 12.3. The first-order valence-corrected chi connectivity index (χ1v) is 7.27. The first-order valence-electron chi connectivity index (χ1n) is 6.29. The summed E-state index contributed by atoms with van der Waals surface area (Å²) in [6.07, 6.45) is 0.739. The van der Waals surface area contributed by atoms with Crippen molar-refractivity contribution < 1.29 is 4.79 Å². The van der Waals surface area contributed by atoms with Crippen LogP contribution in [0.2, 0.25) is 0 Å². The van der Waals surface area contributed by atoms with Gasteiger partial charge < -0.3 is 11.1 Å². The Balaban J connectivity index is 1.96. The van der Waals surface area contributed by atoms with Crippen molar-refractivity contribution in [1.29, 1.82) is 0 Å². The quantitative estimate of drug-likeness (QED) is 0.795. The van der Waals surface area contributed by atoms with Crippen molar-refractivity contribution in [3.63, 3.8) is 0 Å². The van der Waals surface area contributed by atoms with Crippen LogP contribution in [0.4, 0.5) is 0 Å². The standard InChI is InChI=1S/C15H18N2OS/c1-17-14(15(16)18)8-9-19-13-7-6-11-4-2-3-5-12(11)10-13/h2-7,10,14,17H,8-9H2,1H3,(H2,16,18). The molecule has 0 fully saturated rings. The molecule has 2 aromatic rings. The monoisotopic (exact) mass is 274 g/mol. The van der Waals surface area contributed by atoms with E-state index in [1.54, 1.807) is 18.8 Å². The highest BCUT2D eigenvalue weighted by atomic mass is 32.2. The zero-order valence-electron chi connectivity index (χ0n) is 10.9. The van der Waals surface area contributed by atoms with Gasteiger partial charge in [-0.05, 0) is 42.1 Å². The molecular formula is C15H18N2OS. The molecule has 100 valence electrons. The molecular weight excluding hydrogens is 256 g/mol. The molecule has 0 heterocycles. The van der Waals surface area contributed by atoms with Crippen LogP contribution in [0.5, 0.6) is 0 Å². The molecule has 1 amide bonds. The summed E-state index contributed by atoms with van der Waals surface area (Å²) in [6.45, 7) is 0. The maximum absolute atomic E-state index is 11.1.